The molecule has 0 radical (unpaired) electrons. The molecule has 1 aliphatic heterocycles. The van der Waals surface area contributed by atoms with Crippen molar-refractivity contribution in [3.63, 3.8) is 0 Å². The summed E-state index contributed by atoms with van der Waals surface area (Å²) in [5.41, 5.74) is 8.18. The van der Waals surface area contributed by atoms with Crippen LogP contribution >= 0.6 is 0 Å². The van der Waals surface area contributed by atoms with Gasteiger partial charge in [-0.1, -0.05) is 18.7 Å². The van der Waals surface area contributed by atoms with E-state index in [0.717, 1.165) is 0 Å². The molecule has 0 bridgehead atoms. The number of hydrazine groups is 1. The normalized spacial score (nSPS) is 17.9. The van der Waals surface area contributed by atoms with Gasteiger partial charge in [-0.3, -0.25) is 15.0 Å². The Labute approximate surface area is 115 Å². The van der Waals surface area contributed by atoms with E-state index in [-0.39, 0.29) is 18.1 Å². The van der Waals surface area contributed by atoms with E-state index in [1.807, 2.05) is 0 Å². The summed E-state index contributed by atoms with van der Waals surface area (Å²) in [6, 6.07) is 6.59. The minimum Gasteiger partial charge on any atom is -0.507 e. The molecule has 2 rings (SSSR count). The van der Waals surface area contributed by atoms with Crippen LogP contribution in [0.15, 0.2) is 41.6 Å². The number of nitrogens with one attached hydrogen (secondary N) is 3. The number of hydrogen-bond donors (Lipinski definition) is 4. The number of phenols is 1. The number of carbonyl (C=O) groups is 2. The number of rotatable bonds is 4. The highest BCUT2D eigenvalue weighted by atomic mass is 16.3. The Morgan fingerprint density at radius 1 is 1.45 bits per heavy atom. The van der Waals surface area contributed by atoms with Crippen molar-refractivity contribution in [1.82, 2.24) is 16.3 Å². The Morgan fingerprint density at radius 3 is 2.85 bits per heavy atom. The number of aromatic hydroxyl groups is 1. The van der Waals surface area contributed by atoms with Crippen LogP contribution in [0.25, 0.3) is 0 Å². The molecule has 0 aliphatic carbocycles. The second-order valence-corrected chi connectivity index (χ2v) is 4.25. The molecule has 0 spiro atoms. The van der Waals surface area contributed by atoms with E-state index in [0.29, 0.717) is 11.3 Å². The Balaban J connectivity index is 1.88. The Hall–Kier alpha value is -2.83. The molecule has 2 amide bonds. The quantitative estimate of drug-likeness (QED) is 0.458. The standard InChI is InChI=1S/C13H14N4O3/c1-8-10(13(20)17-15-8)6-12(19)16-14-7-9-4-2-3-5-11(9)18/h2-5,7,10,15,18H,1,6H2,(H,16,19)(H,17,20)/b14-7+. The first kappa shape index (κ1) is 13.6. The van der Waals surface area contributed by atoms with Gasteiger partial charge in [-0.05, 0) is 12.1 Å². The topological polar surface area (TPSA) is 103 Å². The van der Waals surface area contributed by atoms with E-state index in [4.69, 9.17) is 0 Å². The van der Waals surface area contributed by atoms with Crippen molar-refractivity contribution >= 4 is 18.0 Å². The second-order valence-electron chi connectivity index (χ2n) is 4.25. The number of benzene rings is 1. The van der Waals surface area contributed by atoms with Gasteiger partial charge in [0.05, 0.1) is 12.1 Å². The van der Waals surface area contributed by atoms with Crippen LogP contribution in [-0.4, -0.2) is 23.1 Å². The van der Waals surface area contributed by atoms with Gasteiger partial charge >= 0.3 is 0 Å². The Bertz CT molecular complexity index is 567. The molecule has 1 aliphatic rings. The fraction of sp³-hybridized carbons (Fsp3) is 0.154. The molecule has 0 aromatic heterocycles. The van der Waals surface area contributed by atoms with Crippen LogP contribution in [0.3, 0.4) is 0 Å². The maximum atomic E-state index is 11.6. The molecule has 1 saturated heterocycles. The van der Waals surface area contributed by atoms with Crippen molar-refractivity contribution in [3.05, 3.63) is 42.1 Å². The molecule has 7 nitrogen and oxygen atoms in total. The zero-order valence-electron chi connectivity index (χ0n) is 10.6. The zero-order valence-corrected chi connectivity index (χ0v) is 10.6. The summed E-state index contributed by atoms with van der Waals surface area (Å²) in [6.45, 7) is 3.63. The molecule has 4 N–H and O–H groups in total. The van der Waals surface area contributed by atoms with Crippen molar-refractivity contribution < 1.29 is 14.7 Å². The van der Waals surface area contributed by atoms with E-state index >= 15 is 0 Å². The van der Waals surface area contributed by atoms with Crippen molar-refractivity contribution in [2.75, 3.05) is 0 Å². The third kappa shape index (κ3) is 3.14. The zero-order chi connectivity index (χ0) is 14.5. The van der Waals surface area contributed by atoms with Gasteiger partial charge in [0.1, 0.15) is 5.75 Å². The fourth-order valence-electron chi connectivity index (χ4n) is 1.69. The van der Waals surface area contributed by atoms with Crippen molar-refractivity contribution in [3.8, 4) is 5.75 Å². The molecular formula is C13H14N4O3. The number of phenolic OH excluding ortho intramolecular Hbond substituents is 1. The molecule has 1 aromatic carbocycles. The van der Waals surface area contributed by atoms with Gasteiger partial charge < -0.3 is 10.5 Å². The highest BCUT2D eigenvalue weighted by molar-refractivity contribution is 5.90. The number of para-hydroxylation sites is 1. The third-order valence-electron chi connectivity index (χ3n) is 2.80. The summed E-state index contributed by atoms with van der Waals surface area (Å²) >= 11 is 0. The number of hydrazone groups is 1. The SMILES string of the molecule is C=C1NNC(=O)C1CC(=O)N/N=C/c1ccccc1O. The van der Waals surface area contributed by atoms with Crippen LogP contribution in [0, 0.1) is 5.92 Å². The smallest absolute Gasteiger partial charge is 0.247 e. The van der Waals surface area contributed by atoms with Crippen molar-refractivity contribution in [2.24, 2.45) is 11.0 Å². The van der Waals surface area contributed by atoms with Crippen LogP contribution in [0.5, 0.6) is 5.75 Å². The van der Waals surface area contributed by atoms with Gasteiger partial charge in [0.15, 0.2) is 0 Å². The van der Waals surface area contributed by atoms with Gasteiger partial charge in [0.25, 0.3) is 0 Å². The Kier molecular flexibility index (Phi) is 3.99. The average molecular weight is 274 g/mol. The van der Waals surface area contributed by atoms with Crippen LogP contribution in [0.2, 0.25) is 0 Å². The van der Waals surface area contributed by atoms with Crippen molar-refractivity contribution in [2.45, 2.75) is 6.42 Å². The first-order valence-corrected chi connectivity index (χ1v) is 5.92. The summed E-state index contributed by atoms with van der Waals surface area (Å²) in [5, 5.41) is 13.2. The lowest BCUT2D eigenvalue weighted by molar-refractivity contribution is -0.127. The van der Waals surface area contributed by atoms with Crippen molar-refractivity contribution in [1.29, 1.82) is 0 Å². The van der Waals surface area contributed by atoms with Crippen LogP contribution in [-0.2, 0) is 9.59 Å². The van der Waals surface area contributed by atoms with E-state index in [2.05, 4.69) is 28.0 Å². The highest BCUT2D eigenvalue weighted by Crippen LogP contribution is 2.15. The highest BCUT2D eigenvalue weighted by Gasteiger charge is 2.29. The van der Waals surface area contributed by atoms with Gasteiger partial charge in [0, 0.05) is 17.7 Å². The Morgan fingerprint density at radius 2 is 2.20 bits per heavy atom. The lowest BCUT2D eigenvalue weighted by Gasteiger charge is -2.05. The lowest BCUT2D eigenvalue weighted by atomic mass is 10.0. The first-order valence-electron chi connectivity index (χ1n) is 5.92. The van der Waals surface area contributed by atoms with Crippen LogP contribution in [0.1, 0.15) is 12.0 Å². The summed E-state index contributed by atoms with van der Waals surface area (Å²) < 4.78 is 0. The second kappa shape index (κ2) is 5.87. The minimum absolute atomic E-state index is 0.0459. The predicted molar refractivity (Wildman–Crippen MR) is 72.4 cm³/mol. The fourth-order valence-corrected chi connectivity index (χ4v) is 1.69. The molecule has 7 heteroatoms. The van der Waals surface area contributed by atoms with E-state index in [9.17, 15) is 14.7 Å². The van der Waals surface area contributed by atoms with E-state index in [1.165, 1.54) is 12.3 Å². The summed E-state index contributed by atoms with van der Waals surface area (Å²) in [7, 11) is 0. The largest absolute Gasteiger partial charge is 0.507 e. The van der Waals surface area contributed by atoms with E-state index in [1.54, 1.807) is 18.2 Å². The molecule has 1 fully saturated rings. The third-order valence-corrected chi connectivity index (χ3v) is 2.80. The maximum absolute atomic E-state index is 11.6. The molecule has 20 heavy (non-hydrogen) atoms. The number of amides is 2. The molecule has 1 heterocycles. The van der Waals surface area contributed by atoms with Gasteiger partial charge in [0.2, 0.25) is 11.8 Å². The maximum Gasteiger partial charge on any atom is 0.247 e. The molecule has 1 atom stereocenters. The average Bonchev–Trinajstić information content (AvgIpc) is 2.73. The van der Waals surface area contributed by atoms with Gasteiger partial charge in [-0.2, -0.15) is 5.10 Å². The minimum atomic E-state index is -0.602. The number of hydrogen-bond acceptors (Lipinski definition) is 5. The van der Waals surface area contributed by atoms with Crippen LogP contribution < -0.4 is 16.3 Å². The number of carbonyl (C=O) groups excluding carboxylic acids is 2. The summed E-state index contributed by atoms with van der Waals surface area (Å²) in [5.74, 6) is -1.25. The lowest BCUT2D eigenvalue weighted by Crippen LogP contribution is -2.27. The molecular weight excluding hydrogens is 260 g/mol. The van der Waals surface area contributed by atoms with Gasteiger partial charge in [-0.25, -0.2) is 5.43 Å². The number of nitrogens with zero attached hydrogens (tertiary/aromatic N) is 1. The summed E-state index contributed by atoms with van der Waals surface area (Å²) in [6.07, 6.45) is 1.28. The summed E-state index contributed by atoms with van der Waals surface area (Å²) in [4.78, 5) is 23.0. The first-order chi connectivity index (χ1) is 9.58. The van der Waals surface area contributed by atoms with Gasteiger partial charge in [-0.15, -0.1) is 0 Å². The molecule has 1 unspecified atom stereocenters. The van der Waals surface area contributed by atoms with Crippen LogP contribution in [0.4, 0.5) is 0 Å². The van der Waals surface area contributed by atoms with E-state index < -0.39 is 11.8 Å². The predicted octanol–water partition coefficient (Wildman–Crippen LogP) is -0.00330. The molecule has 1 aromatic rings. The monoisotopic (exact) mass is 274 g/mol. The molecule has 0 saturated carbocycles. The molecule has 104 valence electrons.